The molecule has 0 radical (unpaired) electrons. The molecule has 0 saturated carbocycles. The maximum absolute atomic E-state index is 12.1. The summed E-state index contributed by atoms with van der Waals surface area (Å²) in [6.07, 6.45) is 1.89. The first-order valence-electron chi connectivity index (χ1n) is 7.13. The smallest absolute Gasteiger partial charge is 0.317 e. The molecule has 2 aromatic heterocycles. The third-order valence-electron chi connectivity index (χ3n) is 3.19. The van der Waals surface area contributed by atoms with Crippen molar-refractivity contribution in [1.29, 1.82) is 0 Å². The van der Waals surface area contributed by atoms with E-state index in [1.54, 1.807) is 41.3 Å². The molecule has 1 aromatic carbocycles. The molecule has 0 saturated heterocycles. The van der Waals surface area contributed by atoms with Gasteiger partial charge in [-0.1, -0.05) is 16.9 Å². The van der Waals surface area contributed by atoms with Crippen molar-refractivity contribution in [3.05, 3.63) is 42.2 Å². The molecule has 0 fully saturated rings. The van der Waals surface area contributed by atoms with Crippen molar-refractivity contribution >= 4 is 29.4 Å². The van der Waals surface area contributed by atoms with E-state index in [0.717, 1.165) is 5.56 Å². The summed E-state index contributed by atoms with van der Waals surface area (Å²) in [6.45, 7) is 0. The minimum absolute atomic E-state index is 0.274. The number of hydrogen-bond donors (Lipinski definition) is 1. The van der Waals surface area contributed by atoms with Crippen LogP contribution >= 0.6 is 11.8 Å². The van der Waals surface area contributed by atoms with E-state index >= 15 is 0 Å². The van der Waals surface area contributed by atoms with Crippen LogP contribution in [0, 0.1) is 0 Å². The lowest BCUT2D eigenvalue weighted by Crippen LogP contribution is -2.10. The lowest BCUT2D eigenvalue weighted by molar-refractivity contribution is 0.0992. The molecule has 2 heterocycles. The van der Waals surface area contributed by atoms with E-state index in [9.17, 15) is 4.79 Å². The summed E-state index contributed by atoms with van der Waals surface area (Å²) in [4.78, 5) is 13.8. The number of carbonyl (C=O) groups excluding carboxylic acids is 1. The van der Waals surface area contributed by atoms with Crippen molar-refractivity contribution in [3.8, 4) is 11.5 Å². The largest absolute Gasteiger partial charge is 0.445 e. The fraction of sp³-hybridized carbons (Fsp3) is 0.188. The minimum Gasteiger partial charge on any atom is -0.445 e. The SMILES string of the molecule is CSc1ccc(C(=O)Nc2ccc(-c3nnc(N(C)C)o3)cc2)o1. The Labute approximate surface area is 143 Å². The maximum Gasteiger partial charge on any atom is 0.317 e. The monoisotopic (exact) mass is 344 g/mol. The number of furan rings is 1. The standard InChI is InChI=1S/C16H16N4O3S/c1-20(2)16-19-18-15(23-16)10-4-6-11(7-5-10)17-14(21)12-8-9-13(22-12)24-3/h4-9H,1-3H3,(H,17,21). The second kappa shape index (κ2) is 6.79. The third-order valence-corrected chi connectivity index (χ3v) is 3.81. The van der Waals surface area contributed by atoms with Gasteiger partial charge in [0.05, 0.1) is 0 Å². The summed E-state index contributed by atoms with van der Waals surface area (Å²) in [5.41, 5.74) is 1.43. The molecule has 0 aliphatic carbocycles. The van der Waals surface area contributed by atoms with Crippen molar-refractivity contribution in [2.45, 2.75) is 5.09 Å². The predicted molar refractivity (Wildman–Crippen MR) is 92.5 cm³/mol. The van der Waals surface area contributed by atoms with E-state index in [1.807, 2.05) is 20.4 Å². The normalized spacial score (nSPS) is 10.6. The van der Waals surface area contributed by atoms with Gasteiger partial charge in [0.15, 0.2) is 10.9 Å². The lowest BCUT2D eigenvalue weighted by atomic mass is 10.2. The van der Waals surface area contributed by atoms with Gasteiger partial charge in [-0.05, 0) is 42.7 Å². The van der Waals surface area contributed by atoms with Crippen molar-refractivity contribution in [3.63, 3.8) is 0 Å². The number of thioether (sulfide) groups is 1. The van der Waals surface area contributed by atoms with Crippen LogP contribution in [0.5, 0.6) is 0 Å². The highest BCUT2D eigenvalue weighted by Gasteiger charge is 2.13. The summed E-state index contributed by atoms with van der Waals surface area (Å²) >= 11 is 1.44. The zero-order valence-electron chi connectivity index (χ0n) is 13.4. The molecule has 3 aromatic rings. The van der Waals surface area contributed by atoms with E-state index < -0.39 is 0 Å². The second-order valence-electron chi connectivity index (χ2n) is 5.14. The maximum atomic E-state index is 12.1. The highest BCUT2D eigenvalue weighted by Crippen LogP contribution is 2.23. The van der Waals surface area contributed by atoms with Crippen molar-refractivity contribution in [2.24, 2.45) is 0 Å². The first-order chi connectivity index (χ1) is 11.6. The van der Waals surface area contributed by atoms with Crippen LogP contribution in [0.2, 0.25) is 0 Å². The van der Waals surface area contributed by atoms with Crippen LogP contribution in [0.1, 0.15) is 10.6 Å². The molecule has 0 aliphatic heterocycles. The Balaban J connectivity index is 1.70. The Hall–Kier alpha value is -2.74. The highest BCUT2D eigenvalue weighted by molar-refractivity contribution is 7.98. The van der Waals surface area contributed by atoms with Crippen LogP contribution in [0.25, 0.3) is 11.5 Å². The molecular formula is C16H16N4O3S. The van der Waals surface area contributed by atoms with Crippen LogP contribution in [0.4, 0.5) is 11.7 Å². The summed E-state index contributed by atoms with van der Waals surface area (Å²) in [5, 5.41) is 11.4. The van der Waals surface area contributed by atoms with Gasteiger partial charge in [-0.15, -0.1) is 5.10 Å². The number of benzene rings is 1. The van der Waals surface area contributed by atoms with E-state index in [1.165, 1.54) is 11.8 Å². The molecule has 1 amide bonds. The summed E-state index contributed by atoms with van der Waals surface area (Å²) in [6, 6.07) is 11.0. The average Bonchev–Trinajstić information content (AvgIpc) is 3.25. The van der Waals surface area contributed by atoms with Gasteiger partial charge in [0, 0.05) is 25.3 Å². The number of nitrogens with zero attached hydrogens (tertiary/aromatic N) is 3. The Bertz CT molecular complexity index is 839. The third kappa shape index (κ3) is 3.43. The lowest BCUT2D eigenvalue weighted by Gasteiger charge is -2.04. The molecule has 0 bridgehead atoms. The Morgan fingerprint density at radius 3 is 2.42 bits per heavy atom. The molecular weight excluding hydrogens is 328 g/mol. The van der Waals surface area contributed by atoms with Gasteiger partial charge < -0.3 is 19.1 Å². The number of amides is 1. The van der Waals surface area contributed by atoms with Crippen LogP contribution in [0.3, 0.4) is 0 Å². The molecule has 0 atom stereocenters. The number of anilines is 2. The van der Waals surface area contributed by atoms with E-state index in [-0.39, 0.29) is 11.7 Å². The zero-order valence-corrected chi connectivity index (χ0v) is 14.3. The quantitative estimate of drug-likeness (QED) is 0.710. The number of nitrogens with one attached hydrogen (secondary N) is 1. The first-order valence-corrected chi connectivity index (χ1v) is 8.36. The van der Waals surface area contributed by atoms with E-state index in [2.05, 4.69) is 15.5 Å². The van der Waals surface area contributed by atoms with Gasteiger partial charge in [-0.3, -0.25) is 4.79 Å². The first kappa shape index (κ1) is 16.1. The fourth-order valence-corrected chi connectivity index (χ4v) is 2.33. The van der Waals surface area contributed by atoms with Gasteiger partial charge in [0.1, 0.15) is 0 Å². The van der Waals surface area contributed by atoms with Crippen molar-refractivity contribution in [2.75, 3.05) is 30.6 Å². The average molecular weight is 344 g/mol. The van der Waals surface area contributed by atoms with Crippen molar-refractivity contribution in [1.82, 2.24) is 10.2 Å². The minimum atomic E-state index is -0.296. The molecule has 8 heteroatoms. The number of hydrogen-bond acceptors (Lipinski definition) is 7. The molecule has 0 aliphatic rings. The fourth-order valence-electron chi connectivity index (χ4n) is 1.95. The molecule has 3 rings (SSSR count). The Morgan fingerprint density at radius 2 is 1.83 bits per heavy atom. The Kier molecular flexibility index (Phi) is 4.57. The molecule has 24 heavy (non-hydrogen) atoms. The zero-order chi connectivity index (χ0) is 17.1. The van der Waals surface area contributed by atoms with Crippen LogP contribution in [0.15, 0.2) is 50.3 Å². The van der Waals surface area contributed by atoms with Gasteiger partial charge in [0.2, 0.25) is 5.89 Å². The molecule has 0 unspecified atom stereocenters. The summed E-state index contributed by atoms with van der Waals surface area (Å²) in [5.74, 6) is 0.402. The number of carbonyl (C=O) groups is 1. The number of aromatic nitrogens is 2. The predicted octanol–water partition coefficient (Wildman–Crippen LogP) is 3.37. The summed E-state index contributed by atoms with van der Waals surface area (Å²) < 4.78 is 10.9. The van der Waals surface area contributed by atoms with Crippen molar-refractivity contribution < 1.29 is 13.6 Å². The molecule has 0 spiro atoms. The van der Waals surface area contributed by atoms with E-state index in [4.69, 9.17) is 8.83 Å². The topological polar surface area (TPSA) is 84.4 Å². The van der Waals surface area contributed by atoms with Gasteiger partial charge in [-0.25, -0.2) is 0 Å². The second-order valence-corrected chi connectivity index (χ2v) is 5.95. The van der Waals surface area contributed by atoms with Gasteiger partial charge in [0.25, 0.3) is 5.91 Å². The van der Waals surface area contributed by atoms with Crippen LogP contribution < -0.4 is 10.2 Å². The highest BCUT2D eigenvalue weighted by atomic mass is 32.2. The number of rotatable bonds is 5. The van der Waals surface area contributed by atoms with Gasteiger partial charge in [-0.2, -0.15) is 0 Å². The Morgan fingerprint density at radius 1 is 1.08 bits per heavy atom. The molecule has 124 valence electrons. The van der Waals surface area contributed by atoms with Crippen LogP contribution in [-0.2, 0) is 0 Å². The van der Waals surface area contributed by atoms with E-state index in [0.29, 0.717) is 22.7 Å². The molecule has 1 N–H and O–H groups in total. The van der Waals surface area contributed by atoms with Crippen LogP contribution in [-0.4, -0.2) is 36.5 Å². The molecule has 7 nitrogen and oxygen atoms in total. The summed E-state index contributed by atoms with van der Waals surface area (Å²) in [7, 11) is 3.65. The van der Waals surface area contributed by atoms with Gasteiger partial charge >= 0.3 is 6.01 Å².